The van der Waals surface area contributed by atoms with Gasteiger partial charge < -0.3 is 15.7 Å². The monoisotopic (exact) mass is 455 g/mol. The maximum atomic E-state index is 13.5. The smallest absolute Gasteiger partial charge is 0.416 e. The molecule has 1 aliphatic heterocycles. The summed E-state index contributed by atoms with van der Waals surface area (Å²) in [7, 11) is 0. The Balaban J connectivity index is 1.48. The van der Waals surface area contributed by atoms with Gasteiger partial charge in [0.25, 0.3) is 0 Å². The van der Waals surface area contributed by atoms with Crippen LogP contribution in [-0.4, -0.2) is 42.1 Å². The van der Waals surface area contributed by atoms with E-state index < -0.39 is 17.6 Å². The SMILES string of the molecule is NC(=O)c1ccc(N2CCN(Cc3cc(-c4cccc(O)c4)cc(C(F)(F)F)c3)CC2)cc1. The summed E-state index contributed by atoms with van der Waals surface area (Å²) in [5.41, 5.74) is 7.53. The Morgan fingerprint density at radius 2 is 1.61 bits per heavy atom. The third-order valence-electron chi connectivity index (χ3n) is 5.80. The van der Waals surface area contributed by atoms with Gasteiger partial charge in [0, 0.05) is 44.0 Å². The third-order valence-corrected chi connectivity index (χ3v) is 5.80. The van der Waals surface area contributed by atoms with E-state index >= 15 is 0 Å². The van der Waals surface area contributed by atoms with Crippen molar-refractivity contribution >= 4 is 11.6 Å². The van der Waals surface area contributed by atoms with E-state index in [2.05, 4.69) is 9.80 Å². The van der Waals surface area contributed by atoms with Crippen molar-refractivity contribution in [2.24, 2.45) is 5.73 Å². The maximum absolute atomic E-state index is 13.5. The fourth-order valence-electron chi connectivity index (χ4n) is 4.06. The average Bonchev–Trinajstić information content (AvgIpc) is 2.79. The molecule has 5 nitrogen and oxygen atoms in total. The molecule has 1 aliphatic rings. The van der Waals surface area contributed by atoms with Gasteiger partial charge in [-0.15, -0.1) is 0 Å². The fraction of sp³-hybridized carbons (Fsp3) is 0.240. The molecule has 0 spiro atoms. The van der Waals surface area contributed by atoms with E-state index in [9.17, 15) is 23.1 Å². The summed E-state index contributed by atoms with van der Waals surface area (Å²) in [6.07, 6.45) is -4.46. The Hall–Kier alpha value is -3.52. The number of hydrogen-bond acceptors (Lipinski definition) is 4. The molecule has 1 saturated heterocycles. The molecule has 3 N–H and O–H groups in total. The number of phenols is 1. The van der Waals surface area contributed by atoms with Gasteiger partial charge in [-0.3, -0.25) is 9.69 Å². The Morgan fingerprint density at radius 1 is 0.909 bits per heavy atom. The topological polar surface area (TPSA) is 69.8 Å². The van der Waals surface area contributed by atoms with Crippen molar-refractivity contribution < 1.29 is 23.1 Å². The van der Waals surface area contributed by atoms with Crippen LogP contribution >= 0.6 is 0 Å². The summed E-state index contributed by atoms with van der Waals surface area (Å²) in [6, 6.07) is 17.4. The maximum Gasteiger partial charge on any atom is 0.416 e. The first-order valence-electron chi connectivity index (χ1n) is 10.6. The molecule has 0 atom stereocenters. The average molecular weight is 455 g/mol. The number of alkyl halides is 3. The second-order valence-corrected chi connectivity index (χ2v) is 8.14. The van der Waals surface area contributed by atoms with Crippen molar-refractivity contribution in [1.29, 1.82) is 0 Å². The molecule has 0 aromatic heterocycles. The predicted octanol–water partition coefficient (Wildman–Crippen LogP) is 4.50. The number of aromatic hydroxyl groups is 1. The Bertz CT molecular complexity index is 1140. The third kappa shape index (κ3) is 5.46. The predicted molar refractivity (Wildman–Crippen MR) is 121 cm³/mol. The summed E-state index contributed by atoms with van der Waals surface area (Å²) in [4.78, 5) is 15.5. The second-order valence-electron chi connectivity index (χ2n) is 8.14. The molecular weight excluding hydrogens is 431 g/mol. The lowest BCUT2D eigenvalue weighted by Crippen LogP contribution is -2.46. The molecule has 33 heavy (non-hydrogen) atoms. The van der Waals surface area contributed by atoms with Crippen molar-refractivity contribution in [2.75, 3.05) is 31.1 Å². The normalized spacial score (nSPS) is 14.9. The lowest BCUT2D eigenvalue weighted by Gasteiger charge is -2.36. The second kappa shape index (κ2) is 9.15. The van der Waals surface area contributed by atoms with Crippen molar-refractivity contribution in [1.82, 2.24) is 4.90 Å². The quantitative estimate of drug-likeness (QED) is 0.595. The first-order chi connectivity index (χ1) is 15.7. The van der Waals surface area contributed by atoms with Crippen LogP contribution in [0.1, 0.15) is 21.5 Å². The number of primary amides is 1. The molecule has 3 aromatic carbocycles. The van der Waals surface area contributed by atoms with Crippen LogP contribution in [0.15, 0.2) is 66.7 Å². The van der Waals surface area contributed by atoms with Crippen LogP contribution in [0.3, 0.4) is 0 Å². The minimum atomic E-state index is -4.46. The number of piperazine rings is 1. The van der Waals surface area contributed by atoms with E-state index in [1.807, 2.05) is 12.1 Å². The molecule has 1 heterocycles. The zero-order valence-electron chi connectivity index (χ0n) is 17.8. The van der Waals surface area contributed by atoms with Crippen LogP contribution in [0.5, 0.6) is 5.75 Å². The van der Waals surface area contributed by atoms with Gasteiger partial charge in [-0.05, 0) is 71.3 Å². The molecule has 0 radical (unpaired) electrons. The van der Waals surface area contributed by atoms with E-state index in [0.29, 0.717) is 55.0 Å². The molecule has 0 aliphatic carbocycles. The van der Waals surface area contributed by atoms with Crippen molar-refractivity contribution in [3.8, 4) is 16.9 Å². The van der Waals surface area contributed by atoms with Gasteiger partial charge in [0.15, 0.2) is 0 Å². The van der Waals surface area contributed by atoms with E-state index in [4.69, 9.17) is 5.73 Å². The number of halogens is 3. The van der Waals surface area contributed by atoms with Crippen LogP contribution in [0.4, 0.5) is 18.9 Å². The van der Waals surface area contributed by atoms with Gasteiger partial charge in [0.2, 0.25) is 5.91 Å². The first-order valence-corrected chi connectivity index (χ1v) is 10.6. The van der Waals surface area contributed by atoms with E-state index in [1.165, 1.54) is 18.2 Å². The molecular formula is C25H24F3N3O2. The van der Waals surface area contributed by atoms with Crippen LogP contribution < -0.4 is 10.6 Å². The summed E-state index contributed by atoms with van der Waals surface area (Å²) in [5, 5.41) is 9.74. The number of nitrogens with zero attached hydrogens (tertiary/aromatic N) is 2. The highest BCUT2D eigenvalue weighted by Gasteiger charge is 2.31. The molecule has 1 fully saturated rings. The number of carbonyl (C=O) groups is 1. The number of carbonyl (C=O) groups excluding carboxylic acids is 1. The standard InChI is InChI=1S/C25H24F3N3O2/c26-25(27,28)21-13-17(12-20(14-21)19-2-1-3-23(32)15-19)16-30-8-10-31(11-9-30)22-6-4-18(5-7-22)24(29)33/h1-7,12-15,32H,8-11,16H2,(H2,29,33). The van der Waals surface area contributed by atoms with E-state index in [-0.39, 0.29) is 5.75 Å². The van der Waals surface area contributed by atoms with E-state index in [0.717, 1.165) is 11.8 Å². The zero-order valence-corrected chi connectivity index (χ0v) is 17.8. The van der Waals surface area contributed by atoms with E-state index in [1.54, 1.807) is 30.3 Å². The lowest BCUT2D eigenvalue weighted by atomic mass is 9.99. The van der Waals surface area contributed by atoms with Crippen LogP contribution in [-0.2, 0) is 12.7 Å². The minimum Gasteiger partial charge on any atom is -0.508 e. The molecule has 3 aromatic rings. The number of nitrogens with two attached hydrogens (primary N) is 1. The summed E-state index contributed by atoms with van der Waals surface area (Å²) in [6.45, 7) is 3.21. The van der Waals surface area contributed by atoms with Gasteiger partial charge in [-0.1, -0.05) is 12.1 Å². The van der Waals surface area contributed by atoms with Crippen molar-refractivity contribution in [3.63, 3.8) is 0 Å². The van der Waals surface area contributed by atoms with Gasteiger partial charge in [-0.25, -0.2) is 0 Å². The summed E-state index contributed by atoms with van der Waals surface area (Å²) in [5.74, 6) is -0.469. The van der Waals surface area contributed by atoms with Gasteiger partial charge >= 0.3 is 6.18 Å². The first kappa shape index (κ1) is 22.7. The number of benzene rings is 3. The number of phenolic OH excluding ortho intramolecular Hbond substituents is 1. The van der Waals surface area contributed by atoms with Gasteiger partial charge in [0.05, 0.1) is 5.56 Å². The molecule has 4 rings (SSSR count). The summed E-state index contributed by atoms with van der Waals surface area (Å²) >= 11 is 0. The van der Waals surface area contributed by atoms with Crippen molar-refractivity contribution in [2.45, 2.75) is 12.7 Å². The number of anilines is 1. The molecule has 8 heteroatoms. The molecule has 172 valence electrons. The molecule has 0 unspecified atom stereocenters. The molecule has 0 saturated carbocycles. The number of rotatable bonds is 5. The Labute approximate surface area is 189 Å². The highest BCUT2D eigenvalue weighted by Crippen LogP contribution is 2.34. The fourth-order valence-corrected chi connectivity index (χ4v) is 4.06. The lowest BCUT2D eigenvalue weighted by molar-refractivity contribution is -0.137. The van der Waals surface area contributed by atoms with Crippen LogP contribution in [0, 0.1) is 0 Å². The Morgan fingerprint density at radius 3 is 2.21 bits per heavy atom. The Kier molecular flexibility index (Phi) is 6.29. The minimum absolute atomic E-state index is 0.00597. The summed E-state index contributed by atoms with van der Waals surface area (Å²) < 4.78 is 40.6. The molecule has 1 amide bonds. The van der Waals surface area contributed by atoms with Crippen molar-refractivity contribution in [3.05, 3.63) is 83.4 Å². The zero-order chi connectivity index (χ0) is 23.6. The van der Waals surface area contributed by atoms with Crippen LogP contribution in [0.2, 0.25) is 0 Å². The molecule has 0 bridgehead atoms. The number of amides is 1. The largest absolute Gasteiger partial charge is 0.508 e. The number of hydrogen-bond donors (Lipinski definition) is 2. The highest BCUT2D eigenvalue weighted by atomic mass is 19.4. The highest BCUT2D eigenvalue weighted by molar-refractivity contribution is 5.93. The van der Waals surface area contributed by atoms with Gasteiger partial charge in [-0.2, -0.15) is 13.2 Å². The van der Waals surface area contributed by atoms with Crippen LogP contribution in [0.25, 0.3) is 11.1 Å². The van der Waals surface area contributed by atoms with Gasteiger partial charge in [0.1, 0.15) is 5.75 Å².